The Morgan fingerprint density at radius 3 is 2.87 bits per heavy atom. The number of fused-ring (bicyclic) bond motifs is 2. The maximum Gasteiger partial charge on any atom is 0.167 e. The molecule has 3 aromatic rings. The summed E-state index contributed by atoms with van der Waals surface area (Å²) in [5.41, 5.74) is 3.47. The van der Waals surface area contributed by atoms with Gasteiger partial charge in [0.1, 0.15) is 30.4 Å². The van der Waals surface area contributed by atoms with Crippen LogP contribution < -0.4 is 10.1 Å². The average Bonchev–Trinajstić information content (AvgIpc) is 3.35. The second kappa shape index (κ2) is 8.04. The van der Waals surface area contributed by atoms with Crippen molar-refractivity contribution < 1.29 is 24.8 Å². The molecule has 0 spiro atoms. The molecule has 2 aromatic heterocycles. The third-order valence-corrected chi connectivity index (χ3v) is 6.13. The maximum absolute atomic E-state index is 10.4. The number of anilines is 1. The van der Waals surface area contributed by atoms with E-state index in [9.17, 15) is 15.3 Å². The number of ether oxygens (including phenoxy) is 2. The Labute approximate surface area is 178 Å². The van der Waals surface area contributed by atoms with Crippen LogP contribution in [0, 0.1) is 0 Å². The van der Waals surface area contributed by atoms with Crippen molar-refractivity contribution >= 4 is 17.0 Å². The Kier molecular flexibility index (Phi) is 5.22. The lowest BCUT2D eigenvalue weighted by atomic mass is 9.87. The van der Waals surface area contributed by atoms with Crippen LogP contribution in [-0.2, 0) is 11.2 Å². The molecule has 1 aliphatic carbocycles. The molecule has 1 fully saturated rings. The summed E-state index contributed by atoms with van der Waals surface area (Å²) in [6.45, 7) is -0.395. The molecule has 1 saturated heterocycles. The van der Waals surface area contributed by atoms with Crippen molar-refractivity contribution in [2.45, 2.75) is 49.8 Å². The van der Waals surface area contributed by atoms with E-state index >= 15 is 0 Å². The zero-order valence-electron chi connectivity index (χ0n) is 17.0. The van der Waals surface area contributed by atoms with Gasteiger partial charge in [-0.25, -0.2) is 15.0 Å². The lowest BCUT2D eigenvalue weighted by Gasteiger charge is -2.27. The number of hydrogen-bond acceptors (Lipinski definition) is 9. The van der Waals surface area contributed by atoms with Gasteiger partial charge in [0.15, 0.2) is 23.2 Å². The SMILES string of the molecule is COc1ccc2c(c1)C(Nc1ncnc3c1ncn3[C@@H]1O[C@H](CO)C(O)C1O)CCC2. The largest absolute Gasteiger partial charge is 0.497 e. The van der Waals surface area contributed by atoms with E-state index < -0.39 is 31.1 Å². The number of nitrogens with zero attached hydrogens (tertiary/aromatic N) is 4. The Bertz CT molecular complexity index is 1090. The molecule has 3 unspecified atom stereocenters. The van der Waals surface area contributed by atoms with Crippen molar-refractivity contribution in [3.05, 3.63) is 42.0 Å². The molecule has 10 nitrogen and oxygen atoms in total. The van der Waals surface area contributed by atoms with E-state index in [0.717, 1.165) is 25.0 Å². The number of aliphatic hydroxyl groups excluding tert-OH is 3. The van der Waals surface area contributed by atoms with Crippen LogP contribution in [0.5, 0.6) is 5.75 Å². The van der Waals surface area contributed by atoms with Crippen molar-refractivity contribution in [2.75, 3.05) is 19.0 Å². The highest BCUT2D eigenvalue weighted by Gasteiger charge is 2.44. The van der Waals surface area contributed by atoms with Crippen LogP contribution in [0.4, 0.5) is 5.82 Å². The number of nitrogens with one attached hydrogen (secondary N) is 1. The van der Waals surface area contributed by atoms with Crippen LogP contribution in [0.1, 0.15) is 36.2 Å². The van der Waals surface area contributed by atoms with Gasteiger partial charge in [-0.15, -0.1) is 0 Å². The fourth-order valence-corrected chi connectivity index (χ4v) is 4.47. The van der Waals surface area contributed by atoms with Crippen molar-refractivity contribution in [1.82, 2.24) is 19.5 Å². The molecule has 3 heterocycles. The van der Waals surface area contributed by atoms with Crippen molar-refractivity contribution in [2.24, 2.45) is 0 Å². The number of methoxy groups -OCH3 is 1. The van der Waals surface area contributed by atoms with Crippen LogP contribution in [0.15, 0.2) is 30.9 Å². The van der Waals surface area contributed by atoms with Gasteiger partial charge in [-0.1, -0.05) is 6.07 Å². The Morgan fingerprint density at radius 1 is 1.23 bits per heavy atom. The van der Waals surface area contributed by atoms with Gasteiger partial charge in [-0.3, -0.25) is 4.57 Å². The summed E-state index contributed by atoms with van der Waals surface area (Å²) in [6.07, 6.45) is 1.78. The number of aromatic nitrogens is 4. The smallest absolute Gasteiger partial charge is 0.167 e. The molecule has 4 N–H and O–H groups in total. The number of hydrogen-bond donors (Lipinski definition) is 4. The number of aliphatic hydroxyl groups is 3. The Balaban J connectivity index is 1.47. The summed E-state index contributed by atoms with van der Waals surface area (Å²) in [6, 6.07) is 6.19. The fourth-order valence-electron chi connectivity index (χ4n) is 4.47. The molecule has 10 heteroatoms. The minimum Gasteiger partial charge on any atom is -0.497 e. The molecule has 164 valence electrons. The normalized spacial score (nSPS) is 27.9. The first kappa shape index (κ1) is 20.1. The zero-order chi connectivity index (χ0) is 21.5. The minimum absolute atomic E-state index is 0.0519. The fraction of sp³-hybridized carbons (Fsp3) is 0.476. The molecule has 0 radical (unpaired) electrons. The maximum atomic E-state index is 10.4. The molecule has 0 bridgehead atoms. The first-order chi connectivity index (χ1) is 15.1. The Morgan fingerprint density at radius 2 is 2.10 bits per heavy atom. The van der Waals surface area contributed by atoms with Crippen LogP contribution in [-0.4, -0.2) is 66.9 Å². The highest BCUT2D eigenvalue weighted by atomic mass is 16.6. The lowest BCUT2D eigenvalue weighted by molar-refractivity contribution is -0.0511. The van der Waals surface area contributed by atoms with Crippen LogP contribution in [0.3, 0.4) is 0 Å². The summed E-state index contributed by atoms with van der Waals surface area (Å²) in [4.78, 5) is 13.2. The molecule has 0 saturated carbocycles. The highest BCUT2D eigenvalue weighted by molar-refractivity contribution is 5.83. The molecule has 1 aliphatic heterocycles. The van der Waals surface area contributed by atoms with E-state index in [-0.39, 0.29) is 6.04 Å². The molecule has 2 aliphatic rings. The third kappa shape index (κ3) is 3.41. The van der Waals surface area contributed by atoms with E-state index in [1.165, 1.54) is 23.8 Å². The summed E-state index contributed by atoms with van der Waals surface area (Å²) in [5.74, 6) is 1.39. The first-order valence-electron chi connectivity index (χ1n) is 10.3. The predicted octanol–water partition coefficient (Wildman–Crippen LogP) is 0.936. The summed E-state index contributed by atoms with van der Waals surface area (Å²) in [7, 11) is 1.66. The van der Waals surface area contributed by atoms with Crippen LogP contribution >= 0.6 is 0 Å². The Hall–Kier alpha value is -2.79. The third-order valence-electron chi connectivity index (χ3n) is 6.13. The van der Waals surface area contributed by atoms with Gasteiger partial charge in [-0.05, 0) is 42.5 Å². The lowest BCUT2D eigenvalue weighted by Crippen LogP contribution is -2.33. The van der Waals surface area contributed by atoms with Gasteiger partial charge in [0.25, 0.3) is 0 Å². The number of aryl methyl sites for hydroxylation is 1. The molecule has 0 amide bonds. The zero-order valence-corrected chi connectivity index (χ0v) is 17.0. The first-order valence-corrected chi connectivity index (χ1v) is 10.3. The van der Waals surface area contributed by atoms with E-state index in [2.05, 4.69) is 32.4 Å². The van der Waals surface area contributed by atoms with Crippen LogP contribution in [0.25, 0.3) is 11.2 Å². The van der Waals surface area contributed by atoms with Gasteiger partial charge in [0.2, 0.25) is 0 Å². The summed E-state index contributed by atoms with van der Waals surface area (Å²) in [5, 5.41) is 33.3. The topological polar surface area (TPSA) is 135 Å². The standard InChI is InChI=1S/C21H25N5O5/c1-30-12-6-5-11-3-2-4-14(13(11)7-12)25-19-16-20(23-9-22-19)26(10-24-16)21-18(29)17(28)15(8-27)31-21/h5-7,9-10,14-15,17-18,21,27-29H,2-4,8H2,1H3,(H,22,23,25)/t14?,15-,17?,18?,21-/m1/s1. The quantitative estimate of drug-likeness (QED) is 0.469. The van der Waals surface area contributed by atoms with Gasteiger partial charge in [-0.2, -0.15) is 0 Å². The second-order valence-corrected chi connectivity index (χ2v) is 7.93. The number of benzene rings is 1. The van der Waals surface area contributed by atoms with Crippen molar-refractivity contribution in [3.8, 4) is 5.75 Å². The van der Waals surface area contributed by atoms with Gasteiger partial charge >= 0.3 is 0 Å². The van der Waals surface area contributed by atoms with E-state index in [0.29, 0.717) is 17.0 Å². The predicted molar refractivity (Wildman–Crippen MR) is 111 cm³/mol. The highest BCUT2D eigenvalue weighted by Crippen LogP contribution is 2.36. The molecule has 1 aromatic carbocycles. The van der Waals surface area contributed by atoms with E-state index in [4.69, 9.17) is 9.47 Å². The van der Waals surface area contributed by atoms with Crippen molar-refractivity contribution in [3.63, 3.8) is 0 Å². The summed E-state index contributed by atoms with van der Waals surface area (Å²) < 4.78 is 12.6. The van der Waals surface area contributed by atoms with E-state index in [1.807, 2.05) is 6.07 Å². The molecular weight excluding hydrogens is 402 g/mol. The van der Waals surface area contributed by atoms with Gasteiger partial charge < -0.3 is 30.1 Å². The average molecular weight is 427 g/mol. The number of rotatable bonds is 5. The molecule has 5 atom stereocenters. The molecular formula is C21H25N5O5. The van der Waals surface area contributed by atoms with Crippen molar-refractivity contribution in [1.29, 1.82) is 0 Å². The molecule has 31 heavy (non-hydrogen) atoms. The molecule has 5 rings (SSSR count). The minimum atomic E-state index is -1.21. The monoisotopic (exact) mass is 427 g/mol. The van der Waals surface area contributed by atoms with Crippen LogP contribution in [0.2, 0.25) is 0 Å². The van der Waals surface area contributed by atoms with Gasteiger partial charge in [0.05, 0.1) is 26.1 Å². The number of imidazole rings is 1. The summed E-state index contributed by atoms with van der Waals surface area (Å²) >= 11 is 0. The van der Waals surface area contributed by atoms with Gasteiger partial charge in [0, 0.05) is 0 Å². The van der Waals surface area contributed by atoms with E-state index in [1.54, 1.807) is 11.7 Å². The second-order valence-electron chi connectivity index (χ2n) is 7.93.